The van der Waals surface area contributed by atoms with Gasteiger partial charge in [-0.2, -0.15) is 0 Å². The Balaban J connectivity index is 2.03. The molecule has 0 radical (unpaired) electrons. The van der Waals surface area contributed by atoms with E-state index < -0.39 is 0 Å². The quantitative estimate of drug-likeness (QED) is 0.548. The number of anilines is 1. The average molecular weight is 262 g/mol. The van der Waals surface area contributed by atoms with Crippen LogP contribution in [0, 0.1) is 0 Å². The molecule has 0 amide bonds. The fourth-order valence-corrected chi connectivity index (χ4v) is 2.27. The van der Waals surface area contributed by atoms with E-state index in [1.807, 2.05) is 24.4 Å². The summed E-state index contributed by atoms with van der Waals surface area (Å²) in [6.45, 7) is 0. The van der Waals surface area contributed by atoms with E-state index in [0.29, 0.717) is 11.6 Å². The molecule has 0 aromatic carbocycles. The number of aromatic nitrogens is 5. The van der Waals surface area contributed by atoms with E-state index in [9.17, 15) is 0 Å². The van der Waals surface area contributed by atoms with Crippen LogP contribution in [-0.2, 0) is 0 Å². The lowest BCUT2D eigenvalue weighted by Gasteiger charge is -2.03. The highest BCUT2D eigenvalue weighted by Gasteiger charge is 2.11. The van der Waals surface area contributed by atoms with Crippen molar-refractivity contribution in [3.8, 4) is 11.4 Å². The van der Waals surface area contributed by atoms with Gasteiger partial charge in [0.05, 0.1) is 11.7 Å². The molecule has 3 N–H and O–H groups in total. The predicted octanol–water partition coefficient (Wildman–Crippen LogP) is 2.15. The van der Waals surface area contributed by atoms with Crippen molar-refractivity contribution in [2.24, 2.45) is 0 Å². The van der Waals surface area contributed by atoms with E-state index in [0.717, 1.165) is 27.5 Å². The zero-order valence-electron chi connectivity index (χ0n) is 10.4. The largest absolute Gasteiger partial charge is 0.383 e. The maximum atomic E-state index is 6.00. The number of aromatic amines is 1. The summed E-state index contributed by atoms with van der Waals surface area (Å²) in [6.07, 6.45) is 6.94. The number of nitrogens with zero attached hydrogens (tertiary/aromatic N) is 4. The van der Waals surface area contributed by atoms with Crippen LogP contribution in [0.15, 0.2) is 43.0 Å². The molecule has 4 heterocycles. The minimum Gasteiger partial charge on any atom is -0.383 e. The van der Waals surface area contributed by atoms with Gasteiger partial charge in [0.15, 0.2) is 5.82 Å². The first-order valence-corrected chi connectivity index (χ1v) is 6.12. The Morgan fingerprint density at radius 2 is 2.00 bits per heavy atom. The van der Waals surface area contributed by atoms with Crippen molar-refractivity contribution in [1.82, 2.24) is 24.9 Å². The molecule has 20 heavy (non-hydrogen) atoms. The van der Waals surface area contributed by atoms with Gasteiger partial charge in [-0.05, 0) is 18.2 Å². The van der Waals surface area contributed by atoms with Gasteiger partial charge in [0.2, 0.25) is 0 Å². The summed E-state index contributed by atoms with van der Waals surface area (Å²) >= 11 is 0. The lowest BCUT2D eigenvalue weighted by Crippen LogP contribution is -1.97. The number of pyridine rings is 2. The molecule has 0 aliphatic heterocycles. The molecule has 0 fully saturated rings. The third-order valence-corrected chi connectivity index (χ3v) is 3.22. The molecule has 0 saturated heterocycles. The van der Waals surface area contributed by atoms with Crippen molar-refractivity contribution < 1.29 is 0 Å². The standard InChI is InChI=1S/C14H10N6/c15-12-9-3-5-16-7-11(9)19-14(20-12)10-6-18-13-8(10)2-1-4-17-13/h1-7H,(H,17,18)(H2,15,19,20). The highest BCUT2D eigenvalue weighted by Crippen LogP contribution is 2.27. The first-order chi connectivity index (χ1) is 9.83. The first kappa shape index (κ1) is 10.9. The van der Waals surface area contributed by atoms with Gasteiger partial charge < -0.3 is 10.7 Å². The molecular weight excluding hydrogens is 252 g/mol. The van der Waals surface area contributed by atoms with Crippen molar-refractivity contribution in [2.45, 2.75) is 0 Å². The topological polar surface area (TPSA) is 93.4 Å². The Bertz CT molecular complexity index is 927. The summed E-state index contributed by atoms with van der Waals surface area (Å²) in [5.41, 5.74) is 8.41. The van der Waals surface area contributed by atoms with Crippen LogP contribution in [0.2, 0.25) is 0 Å². The molecule has 0 saturated carbocycles. The zero-order valence-corrected chi connectivity index (χ0v) is 10.4. The molecule has 0 unspecified atom stereocenters. The Kier molecular flexibility index (Phi) is 2.17. The normalized spacial score (nSPS) is 11.2. The molecule has 96 valence electrons. The number of hydrogen-bond donors (Lipinski definition) is 2. The van der Waals surface area contributed by atoms with Gasteiger partial charge in [0.25, 0.3) is 0 Å². The van der Waals surface area contributed by atoms with E-state index in [2.05, 4.69) is 24.9 Å². The number of H-pyrrole nitrogens is 1. The van der Waals surface area contributed by atoms with Crippen LogP contribution < -0.4 is 5.73 Å². The van der Waals surface area contributed by atoms with E-state index in [-0.39, 0.29) is 0 Å². The van der Waals surface area contributed by atoms with Crippen molar-refractivity contribution in [3.63, 3.8) is 0 Å². The second kappa shape index (κ2) is 3.99. The summed E-state index contributed by atoms with van der Waals surface area (Å²) in [4.78, 5) is 20.3. The molecule has 6 nitrogen and oxygen atoms in total. The van der Waals surface area contributed by atoms with Gasteiger partial charge in [0.1, 0.15) is 11.5 Å². The lowest BCUT2D eigenvalue weighted by molar-refractivity contribution is 1.22. The molecular formula is C14H10N6. The maximum Gasteiger partial charge on any atom is 0.164 e. The molecule has 0 aliphatic rings. The van der Waals surface area contributed by atoms with Crippen LogP contribution in [-0.4, -0.2) is 24.9 Å². The fraction of sp³-hybridized carbons (Fsp3) is 0. The average Bonchev–Trinajstić information content (AvgIpc) is 2.91. The third kappa shape index (κ3) is 1.51. The van der Waals surface area contributed by atoms with Gasteiger partial charge in [0, 0.05) is 34.9 Å². The fourth-order valence-electron chi connectivity index (χ4n) is 2.27. The summed E-state index contributed by atoms with van der Waals surface area (Å²) in [5.74, 6) is 1.02. The van der Waals surface area contributed by atoms with Crippen molar-refractivity contribution in [1.29, 1.82) is 0 Å². The van der Waals surface area contributed by atoms with Crippen LogP contribution in [0.25, 0.3) is 33.3 Å². The minimum absolute atomic E-state index is 0.450. The van der Waals surface area contributed by atoms with Crippen LogP contribution >= 0.6 is 0 Å². The molecule has 0 bridgehead atoms. The van der Waals surface area contributed by atoms with Gasteiger partial charge in [-0.15, -0.1) is 0 Å². The van der Waals surface area contributed by atoms with Crippen LogP contribution in [0.5, 0.6) is 0 Å². The Labute approximate surface area is 113 Å². The number of nitrogen functional groups attached to an aromatic ring is 1. The minimum atomic E-state index is 0.450. The van der Waals surface area contributed by atoms with Gasteiger partial charge in [-0.25, -0.2) is 15.0 Å². The molecule has 0 spiro atoms. The third-order valence-electron chi connectivity index (χ3n) is 3.22. The Morgan fingerprint density at radius 3 is 2.95 bits per heavy atom. The molecule has 4 rings (SSSR count). The molecule has 4 aromatic heterocycles. The van der Waals surface area contributed by atoms with Gasteiger partial charge in [-0.1, -0.05) is 0 Å². The number of nitrogens with two attached hydrogens (primary N) is 1. The van der Waals surface area contributed by atoms with E-state index in [4.69, 9.17) is 5.73 Å². The van der Waals surface area contributed by atoms with Crippen molar-refractivity contribution in [3.05, 3.63) is 43.0 Å². The Morgan fingerprint density at radius 1 is 1.05 bits per heavy atom. The van der Waals surface area contributed by atoms with Crippen LogP contribution in [0.1, 0.15) is 0 Å². The highest BCUT2D eigenvalue weighted by molar-refractivity contribution is 5.94. The molecule has 6 heteroatoms. The summed E-state index contributed by atoms with van der Waals surface area (Å²) < 4.78 is 0. The number of fused-ring (bicyclic) bond motifs is 2. The van der Waals surface area contributed by atoms with Crippen molar-refractivity contribution in [2.75, 3.05) is 5.73 Å². The van der Waals surface area contributed by atoms with Crippen LogP contribution in [0.4, 0.5) is 5.82 Å². The maximum absolute atomic E-state index is 6.00. The van der Waals surface area contributed by atoms with Gasteiger partial charge >= 0.3 is 0 Å². The van der Waals surface area contributed by atoms with E-state index in [1.165, 1.54) is 0 Å². The summed E-state index contributed by atoms with van der Waals surface area (Å²) in [5, 5.41) is 1.77. The number of rotatable bonds is 1. The summed E-state index contributed by atoms with van der Waals surface area (Å²) in [6, 6.07) is 5.66. The van der Waals surface area contributed by atoms with E-state index >= 15 is 0 Å². The predicted molar refractivity (Wildman–Crippen MR) is 76.8 cm³/mol. The molecule has 0 aliphatic carbocycles. The second-order valence-corrected chi connectivity index (χ2v) is 4.43. The second-order valence-electron chi connectivity index (χ2n) is 4.43. The molecule has 0 atom stereocenters. The van der Waals surface area contributed by atoms with Gasteiger partial charge in [-0.3, -0.25) is 4.98 Å². The number of nitrogens with one attached hydrogen (secondary N) is 1. The highest BCUT2D eigenvalue weighted by atomic mass is 15.0. The lowest BCUT2D eigenvalue weighted by atomic mass is 10.2. The monoisotopic (exact) mass is 262 g/mol. The molecule has 4 aromatic rings. The Hall–Kier alpha value is -3.02. The van der Waals surface area contributed by atoms with Crippen LogP contribution in [0.3, 0.4) is 0 Å². The SMILES string of the molecule is Nc1nc(-c2c[nH]c3ncccc23)nc2cnccc12. The first-order valence-electron chi connectivity index (χ1n) is 6.12. The van der Waals surface area contributed by atoms with E-state index in [1.54, 1.807) is 18.6 Å². The smallest absolute Gasteiger partial charge is 0.164 e. The summed E-state index contributed by atoms with van der Waals surface area (Å²) in [7, 11) is 0. The van der Waals surface area contributed by atoms with Crippen molar-refractivity contribution >= 4 is 27.8 Å². The zero-order chi connectivity index (χ0) is 13.5. The number of hydrogen-bond acceptors (Lipinski definition) is 5.